The van der Waals surface area contributed by atoms with Crippen LogP contribution in [0.5, 0.6) is 0 Å². The molecule has 0 saturated carbocycles. The molecule has 20 heavy (non-hydrogen) atoms. The maximum Gasteiger partial charge on any atom is 0.312 e. The van der Waals surface area contributed by atoms with Gasteiger partial charge in [0, 0.05) is 6.04 Å². The highest BCUT2D eigenvalue weighted by Crippen LogP contribution is 2.52. The molecule has 2 fully saturated rings. The van der Waals surface area contributed by atoms with Crippen molar-refractivity contribution in [1.82, 2.24) is 4.90 Å². The first kappa shape index (κ1) is 13.6. The van der Waals surface area contributed by atoms with Crippen LogP contribution in [-0.4, -0.2) is 47.7 Å². The van der Waals surface area contributed by atoms with Gasteiger partial charge >= 0.3 is 5.97 Å². The standard InChI is InChI=1S/C15H21NO4/c1-4-9(3)16-8-15-7-6-10(20-15)11(12(15)13(16)17)14(18)19-5-2/h6-7,9-12H,4-5,8H2,1-3H3/t9-,10+,11-,12-,15+/m0/s1. The summed E-state index contributed by atoms with van der Waals surface area (Å²) in [5, 5.41) is 0. The summed E-state index contributed by atoms with van der Waals surface area (Å²) in [4.78, 5) is 26.7. The monoisotopic (exact) mass is 279 g/mol. The smallest absolute Gasteiger partial charge is 0.312 e. The molecule has 0 aromatic heterocycles. The van der Waals surface area contributed by atoms with E-state index in [-0.39, 0.29) is 24.0 Å². The molecule has 5 heteroatoms. The predicted octanol–water partition coefficient (Wildman–Crippen LogP) is 1.13. The summed E-state index contributed by atoms with van der Waals surface area (Å²) in [5.41, 5.74) is -0.609. The third kappa shape index (κ3) is 1.65. The molecule has 110 valence electrons. The maximum absolute atomic E-state index is 12.7. The van der Waals surface area contributed by atoms with Crippen LogP contribution in [0.4, 0.5) is 0 Å². The summed E-state index contributed by atoms with van der Waals surface area (Å²) in [6.07, 6.45) is 4.47. The van der Waals surface area contributed by atoms with Gasteiger partial charge in [-0.1, -0.05) is 19.1 Å². The summed E-state index contributed by atoms with van der Waals surface area (Å²) >= 11 is 0. The van der Waals surface area contributed by atoms with E-state index in [1.54, 1.807) is 6.92 Å². The SMILES string of the molecule is CCOC(=O)[C@@H]1[C@H]2C(=O)N([C@@H](C)CC)C[C@]23C=C[C@H]1O3. The van der Waals surface area contributed by atoms with Crippen LogP contribution >= 0.6 is 0 Å². The van der Waals surface area contributed by atoms with Gasteiger partial charge in [0.1, 0.15) is 11.5 Å². The van der Waals surface area contributed by atoms with E-state index in [0.717, 1.165) is 6.42 Å². The first-order valence-corrected chi connectivity index (χ1v) is 7.38. The zero-order chi connectivity index (χ0) is 14.5. The third-order valence-electron chi connectivity index (χ3n) is 4.81. The van der Waals surface area contributed by atoms with Crippen LogP contribution in [0.2, 0.25) is 0 Å². The number of ether oxygens (including phenoxy) is 2. The lowest BCUT2D eigenvalue weighted by molar-refractivity contribution is -0.153. The molecule has 2 saturated heterocycles. The lowest BCUT2D eigenvalue weighted by atomic mass is 9.77. The fraction of sp³-hybridized carbons (Fsp3) is 0.733. The largest absolute Gasteiger partial charge is 0.466 e. The maximum atomic E-state index is 12.7. The Labute approximate surface area is 118 Å². The van der Waals surface area contributed by atoms with E-state index in [0.29, 0.717) is 13.2 Å². The summed E-state index contributed by atoms with van der Waals surface area (Å²) in [6, 6.07) is 0.168. The molecule has 0 aliphatic carbocycles. The average molecular weight is 279 g/mol. The number of carbonyl (C=O) groups is 2. The molecule has 0 aromatic rings. The van der Waals surface area contributed by atoms with Crippen molar-refractivity contribution in [1.29, 1.82) is 0 Å². The molecule has 3 aliphatic heterocycles. The second-order valence-corrected chi connectivity index (χ2v) is 5.88. The number of esters is 1. The van der Waals surface area contributed by atoms with Crippen LogP contribution in [-0.2, 0) is 19.1 Å². The zero-order valence-corrected chi connectivity index (χ0v) is 12.2. The van der Waals surface area contributed by atoms with E-state index < -0.39 is 17.4 Å². The Morgan fingerprint density at radius 1 is 1.60 bits per heavy atom. The quantitative estimate of drug-likeness (QED) is 0.572. The molecular weight excluding hydrogens is 258 g/mol. The molecule has 0 aromatic carbocycles. The van der Waals surface area contributed by atoms with Gasteiger partial charge in [-0.05, 0) is 20.3 Å². The Morgan fingerprint density at radius 3 is 3.00 bits per heavy atom. The second kappa shape index (κ2) is 4.58. The van der Waals surface area contributed by atoms with Gasteiger partial charge in [0.15, 0.2) is 0 Å². The first-order chi connectivity index (χ1) is 9.54. The predicted molar refractivity (Wildman–Crippen MR) is 71.8 cm³/mol. The molecule has 3 rings (SSSR count). The Morgan fingerprint density at radius 2 is 2.35 bits per heavy atom. The Balaban J connectivity index is 1.90. The van der Waals surface area contributed by atoms with Gasteiger partial charge in [0.05, 0.1) is 25.2 Å². The molecular formula is C15H21NO4. The molecule has 0 N–H and O–H groups in total. The molecule has 3 heterocycles. The van der Waals surface area contributed by atoms with Crippen LogP contribution < -0.4 is 0 Å². The van der Waals surface area contributed by atoms with Gasteiger partial charge in [-0.25, -0.2) is 0 Å². The van der Waals surface area contributed by atoms with Gasteiger partial charge in [0.25, 0.3) is 0 Å². The number of rotatable bonds is 4. The van der Waals surface area contributed by atoms with Crippen molar-refractivity contribution in [3.63, 3.8) is 0 Å². The molecule has 2 bridgehead atoms. The lowest BCUT2D eigenvalue weighted by Crippen LogP contribution is -2.41. The van der Waals surface area contributed by atoms with Crippen LogP contribution in [0.3, 0.4) is 0 Å². The van der Waals surface area contributed by atoms with Crippen molar-refractivity contribution in [2.24, 2.45) is 11.8 Å². The fourth-order valence-electron chi connectivity index (χ4n) is 3.63. The summed E-state index contributed by atoms with van der Waals surface area (Å²) in [5.74, 6) is -1.18. The van der Waals surface area contributed by atoms with Gasteiger partial charge in [-0.15, -0.1) is 0 Å². The molecule has 1 amide bonds. The minimum absolute atomic E-state index is 0.0317. The molecule has 0 unspecified atom stereocenters. The number of hydrogen-bond donors (Lipinski definition) is 0. The van der Waals surface area contributed by atoms with Crippen molar-refractivity contribution in [2.75, 3.05) is 13.2 Å². The first-order valence-electron chi connectivity index (χ1n) is 7.38. The Hall–Kier alpha value is -1.36. The van der Waals surface area contributed by atoms with Crippen molar-refractivity contribution in [3.05, 3.63) is 12.2 Å². The van der Waals surface area contributed by atoms with Gasteiger partial charge in [0.2, 0.25) is 5.91 Å². The summed E-state index contributed by atoms with van der Waals surface area (Å²) < 4.78 is 11.1. The van der Waals surface area contributed by atoms with E-state index in [2.05, 4.69) is 6.92 Å². The summed E-state index contributed by atoms with van der Waals surface area (Å²) in [6.45, 7) is 6.74. The van der Waals surface area contributed by atoms with Crippen molar-refractivity contribution in [3.8, 4) is 0 Å². The van der Waals surface area contributed by atoms with E-state index in [4.69, 9.17) is 9.47 Å². The van der Waals surface area contributed by atoms with Gasteiger partial charge in [-0.3, -0.25) is 9.59 Å². The molecule has 3 aliphatic rings. The molecule has 0 radical (unpaired) electrons. The van der Waals surface area contributed by atoms with Gasteiger partial charge < -0.3 is 14.4 Å². The van der Waals surface area contributed by atoms with E-state index in [1.807, 2.05) is 24.0 Å². The highest BCUT2D eigenvalue weighted by atomic mass is 16.6. The minimum atomic E-state index is -0.609. The number of likely N-dealkylation sites (tertiary alicyclic amines) is 1. The van der Waals surface area contributed by atoms with Crippen LogP contribution in [0, 0.1) is 11.8 Å². The van der Waals surface area contributed by atoms with Crippen LogP contribution in [0.25, 0.3) is 0 Å². The molecule has 5 nitrogen and oxygen atoms in total. The number of nitrogens with zero attached hydrogens (tertiary/aromatic N) is 1. The lowest BCUT2D eigenvalue weighted by Gasteiger charge is -2.26. The fourth-order valence-corrected chi connectivity index (χ4v) is 3.63. The topological polar surface area (TPSA) is 55.8 Å². The van der Waals surface area contributed by atoms with E-state index in [9.17, 15) is 9.59 Å². The van der Waals surface area contributed by atoms with Crippen molar-refractivity contribution < 1.29 is 19.1 Å². The third-order valence-corrected chi connectivity index (χ3v) is 4.81. The van der Waals surface area contributed by atoms with Crippen LogP contribution in [0.15, 0.2) is 12.2 Å². The highest BCUT2D eigenvalue weighted by molar-refractivity contribution is 5.91. The number of fused-ring (bicyclic) bond motifs is 1. The van der Waals surface area contributed by atoms with Gasteiger partial charge in [-0.2, -0.15) is 0 Å². The number of carbonyl (C=O) groups excluding carboxylic acids is 2. The minimum Gasteiger partial charge on any atom is -0.466 e. The Bertz CT molecular complexity index is 474. The summed E-state index contributed by atoms with van der Waals surface area (Å²) in [7, 11) is 0. The van der Waals surface area contributed by atoms with Crippen molar-refractivity contribution >= 4 is 11.9 Å². The van der Waals surface area contributed by atoms with Crippen LogP contribution in [0.1, 0.15) is 27.2 Å². The molecule has 5 atom stereocenters. The normalized spacial score (nSPS) is 39.2. The molecule has 1 spiro atoms. The Kier molecular flexibility index (Phi) is 3.12. The van der Waals surface area contributed by atoms with Crippen molar-refractivity contribution in [2.45, 2.75) is 44.9 Å². The average Bonchev–Trinajstić information content (AvgIpc) is 3.06. The highest BCUT2D eigenvalue weighted by Gasteiger charge is 2.67. The second-order valence-electron chi connectivity index (χ2n) is 5.88. The number of amides is 1. The van der Waals surface area contributed by atoms with E-state index >= 15 is 0 Å². The number of hydrogen-bond acceptors (Lipinski definition) is 4. The van der Waals surface area contributed by atoms with E-state index in [1.165, 1.54) is 0 Å². The zero-order valence-electron chi connectivity index (χ0n) is 12.2.